The second-order valence-corrected chi connectivity index (χ2v) is 16.6. The van der Waals surface area contributed by atoms with Gasteiger partial charge in [-0.25, -0.2) is 31.5 Å². The number of rotatable bonds is 26. The SMILES string of the molecule is C.CC.CC.NNC(=O)CC(=O)NNCCCCCCNNC(=O)CC(=O)NNC(=O)CNC(=O)CSSc1ccccn1.O=C(CSSc1ccccn1)NCC(=O)ON1C(=O)CCC1=O.[B]. The third-order valence-corrected chi connectivity index (χ3v) is 11.2. The molecule has 0 saturated carbocycles. The van der Waals surface area contributed by atoms with Crippen LogP contribution in [0.5, 0.6) is 0 Å². The molecule has 29 heteroatoms. The predicted molar refractivity (Wildman–Crippen MR) is 262 cm³/mol. The number of unbranched alkanes of at least 4 members (excludes halogenated alkanes) is 3. The number of aromatic nitrogens is 2. The van der Waals surface area contributed by atoms with Gasteiger partial charge in [-0.3, -0.25) is 70.3 Å². The van der Waals surface area contributed by atoms with Gasteiger partial charge in [-0.1, -0.05) is 81.7 Å². The van der Waals surface area contributed by atoms with Gasteiger partial charge in [0.15, 0.2) is 0 Å². The van der Waals surface area contributed by atoms with Crippen molar-refractivity contribution in [3.63, 3.8) is 0 Å². The molecule has 0 aliphatic carbocycles. The van der Waals surface area contributed by atoms with E-state index in [1.807, 2.05) is 57.4 Å². The molecule has 24 nitrogen and oxygen atoms in total. The number of nitrogens with two attached hydrogens (primary N) is 1. The van der Waals surface area contributed by atoms with Crippen molar-refractivity contribution in [1.29, 1.82) is 0 Å². The Kier molecular flexibility index (Phi) is 43.3. The van der Waals surface area contributed by atoms with E-state index in [1.54, 1.807) is 24.5 Å². The highest BCUT2D eigenvalue weighted by Gasteiger charge is 2.32. The molecule has 3 heterocycles. The van der Waals surface area contributed by atoms with Crippen LogP contribution in [0.25, 0.3) is 0 Å². The van der Waals surface area contributed by atoms with Gasteiger partial charge in [0, 0.05) is 46.7 Å². The summed E-state index contributed by atoms with van der Waals surface area (Å²) in [6.07, 6.45) is 5.77. The van der Waals surface area contributed by atoms with Gasteiger partial charge in [-0.2, -0.15) is 0 Å². The fraction of sp³-hybridized carbons (Fsp3) is 0.487. The Morgan fingerprint density at radius 2 is 1.03 bits per heavy atom. The monoisotopic (exact) mass is 1030 g/mol. The van der Waals surface area contributed by atoms with Gasteiger partial charge in [0.05, 0.1) is 18.1 Å². The minimum Gasteiger partial charge on any atom is -0.346 e. The fourth-order valence-corrected chi connectivity index (χ4v) is 7.65. The number of carbonyl (C=O) groups excluding carboxylic acids is 10. The van der Waals surface area contributed by atoms with Crippen LogP contribution in [0.1, 0.15) is 86.5 Å². The lowest BCUT2D eigenvalue weighted by Gasteiger charge is -2.12. The van der Waals surface area contributed by atoms with E-state index in [0.29, 0.717) is 18.2 Å². The lowest BCUT2D eigenvalue weighted by molar-refractivity contribution is -0.196. The molecule has 1 fully saturated rings. The third kappa shape index (κ3) is 35.7. The average Bonchev–Trinajstić information content (AvgIpc) is 3.64. The van der Waals surface area contributed by atoms with Crippen LogP contribution in [0.3, 0.4) is 0 Å². The van der Waals surface area contributed by atoms with Crippen molar-refractivity contribution in [2.75, 3.05) is 37.7 Å². The first-order chi connectivity index (χ1) is 31.9. The largest absolute Gasteiger partial charge is 0.352 e. The molecule has 11 N–H and O–H groups in total. The van der Waals surface area contributed by atoms with E-state index in [2.05, 4.69) is 58.0 Å². The van der Waals surface area contributed by atoms with E-state index in [1.165, 1.54) is 43.2 Å². The number of amides is 9. The number of carbonyl (C=O) groups is 10. The van der Waals surface area contributed by atoms with Crippen LogP contribution in [-0.4, -0.2) is 120 Å². The summed E-state index contributed by atoms with van der Waals surface area (Å²) in [5, 5.41) is 6.76. The van der Waals surface area contributed by atoms with Crippen LogP contribution in [0.2, 0.25) is 0 Å². The lowest BCUT2D eigenvalue weighted by atomic mass is 10.2. The molecule has 68 heavy (non-hydrogen) atoms. The van der Waals surface area contributed by atoms with E-state index in [0.717, 1.165) is 35.7 Å². The Hall–Kier alpha value is -5.46. The summed E-state index contributed by atoms with van der Waals surface area (Å²) in [5.74, 6) is -0.600. The molecular formula is C39H63BN13O11S4. The summed E-state index contributed by atoms with van der Waals surface area (Å²) >= 11 is 0. The molecule has 1 aliphatic heterocycles. The van der Waals surface area contributed by atoms with Crippen molar-refractivity contribution in [3.05, 3.63) is 48.8 Å². The smallest absolute Gasteiger partial charge is 0.346 e. The standard InChI is InChI=1S/C21H34N10O6S2.C13H13N3O5S2.2C2H6.CH4.B/c22-27-15(32)11-16(33)28-25-9-4-1-2-5-10-26-29-17(34)12-18(35)30-31-19(36)13-24-20(37)14-38-39-21-7-3-6-8-23-21;17-9(8-22-23-10-3-1-2-6-14-10)15-7-13(20)21-16-11(18)4-5-12(16)19;2*1-2;;/h3,6-8,25-26H,1-2,4-5,9-14,22H2,(H,24,37)(H,27,32)(H,28,33)(H,29,34)(H,30,35)(H,31,36);1-3,6H,4-5,7-8H2,(H,15,17);2*1-2H3;1H4;. The molecule has 377 valence electrons. The van der Waals surface area contributed by atoms with Crippen molar-refractivity contribution in [2.45, 2.75) is 96.5 Å². The normalized spacial score (nSPS) is 10.8. The molecule has 0 bridgehead atoms. The zero-order chi connectivity index (χ0) is 49.4. The van der Waals surface area contributed by atoms with E-state index < -0.39 is 60.3 Å². The minimum atomic E-state index is -0.871. The lowest BCUT2D eigenvalue weighted by Crippen LogP contribution is -2.48. The maximum Gasteiger partial charge on any atom is 0.352 e. The summed E-state index contributed by atoms with van der Waals surface area (Å²) in [4.78, 5) is 128. The molecule has 3 rings (SSSR count). The molecule has 0 aromatic carbocycles. The number of nitrogens with one attached hydrogen (secondary N) is 9. The number of hydrazine groups is 4. The fourth-order valence-electron chi connectivity index (χ4n) is 4.08. The topological polar surface area (TPSA) is 343 Å². The highest BCUT2D eigenvalue weighted by Crippen LogP contribution is 2.29. The molecule has 9 amide bonds. The molecule has 2 aromatic rings. The van der Waals surface area contributed by atoms with Crippen molar-refractivity contribution in [1.82, 2.24) is 63.6 Å². The van der Waals surface area contributed by atoms with Gasteiger partial charge < -0.3 is 15.5 Å². The number of nitrogens with zero attached hydrogens (tertiary/aromatic N) is 3. The first-order valence-electron chi connectivity index (χ1n) is 20.5. The highest BCUT2D eigenvalue weighted by atomic mass is 33.1. The summed E-state index contributed by atoms with van der Waals surface area (Å²) in [5.41, 5.74) is 16.3. The average molecular weight is 1030 g/mol. The van der Waals surface area contributed by atoms with Crippen LogP contribution >= 0.6 is 43.2 Å². The van der Waals surface area contributed by atoms with E-state index in [4.69, 9.17) is 5.84 Å². The number of hydrogen-bond acceptors (Lipinski definition) is 20. The summed E-state index contributed by atoms with van der Waals surface area (Å²) in [6.45, 7) is 8.27. The van der Waals surface area contributed by atoms with Gasteiger partial charge in [0.1, 0.15) is 29.4 Å². The molecular weight excluding hydrogens is 966 g/mol. The third-order valence-electron chi connectivity index (χ3n) is 6.97. The zero-order valence-electron chi connectivity index (χ0n) is 37.6. The molecule has 0 spiro atoms. The van der Waals surface area contributed by atoms with Crippen molar-refractivity contribution in [2.24, 2.45) is 5.84 Å². The number of pyridine rings is 2. The second kappa shape index (κ2) is 44.1. The molecule has 2 aromatic heterocycles. The van der Waals surface area contributed by atoms with Gasteiger partial charge in [0.2, 0.25) is 35.4 Å². The molecule has 3 radical (unpaired) electrons. The Morgan fingerprint density at radius 1 is 0.603 bits per heavy atom. The number of hydroxylamine groups is 2. The molecule has 1 saturated heterocycles. The van der Waals surface area contributed by atoms with Crippen molar-refractivity contribution >= 4 is 111 Å². The first-order valence-corrected chi connectivity index (χ1v) is 25.1. The first kappa shape index (κ1) is 66.8. The predicted octanol–water partition coefficient (Wildman–Crippen LogP) is 0.511. The summed E-state index contributed by atoms with van der Waals surface area (Å²) in [7, 11) is 5.22. The Bertz CT molecular complexity index is 1800. The van der Waals surface area contributed by atoms with Crippen molar-refractivity contribution < 1.29 is 52.8 Å². The minimum absolute atomic E-state index is 0. The van der Waals surface area contributed by atoms with Crippen LogP contribution in [0.4, 0.5) is 0 Å². The Labute approximate surface area is 414 Å². The van der Waals surface area contributed by atoms with Gasteiger partial charge in [-0.05, 0) is 58.7 Å². The Balaban J connectivity index is -0.00000124. The molecule has 0 atom stereocenters. The molecule has 1 aliphatic rings. The van der Waals surface area contributed by atoms with Gasteiger partial charge in [-0.15, -0.1) is 5.06 Å². The van der Waals surface area contributed by atoms with Gasteiger partial charge in [0.25, 0.3) is 17.7 Å². The summed E-state index contributed by atoms with van der Waals surface area (Å²) < 4.78 is 0. The van der Waals surface area contributed by atoms with Gasteiger partial charge >= 0.3 is 5.97 Å². The maximum atomic E-state index is 11.8. The zero-order valence-corrected chi connectivity index (χ0v) is 40.9. The van der Waals surface area contributed by atoms with Crippen LogP contribution in [0.15, 0.2) is 58.8 Å². The van der Waals surface area contributed by atoms with Crippen LogP contribution in [0, 0.1) is 0 Å². The number of hydrogen-bond donors (Lipinski definition) is 10. The molecule has 0 unspecified atom stereocenters. The summed E-state index contributed by atoms with van der Waals surface area (Å²) in [6, 6.07) is 10.9. The quantitative estimate of drug-likeness (QED) is 0.00897. The van der Waals surface area contributed by atoms with Crippen LogP contribution < -0.4 is 54.5 Å². The second-order valence-electron chi connectivity index (χ2n) is 12.0. The maximum absolute atomic E-state index is 11.8. The Morgan fingerprint density at radius 3 is 1.47 bits per heavy atom. The van der Waals surface area contributed by atoms with E-state index in [9.17, 15) is 47.9 Å². The van der Waals surface area contributed by atoms with Crippen LogP contribution in [-0.2, 0) is 52.8 Å². The number of imide groups is 1. The van der Waals surface area contributed by atoms with Crippen molar-refractivity contribution in [3.8, 4) is 0 Å². The van der Waals surface area contributed by atoms with E-state index >= 15 is 0 Å². The highest BCUT2D eigenvalue weighted by molar-refractivity contribution is 8.77. The van der Waals surface area contributed by atoms with E-state index in [-0.39, 0.29) is 65.0 Å².